The maximum atomic E-state index is 12.8. The number of esters is 1. The van der Waals surface area contributed by atoms with Crippen molar-refractivity contribution in [3.63, 3.8) is 0 Å². The third-order valence-corrected chi connectivity index (χ3v) is 6.01. The molecule has 0 aromatic heterocycles. The predicted octanol–water partition coefficient (Wildman–Crippen LogP) is 2.43. The van der Waals surface area contributed by atoms with Gasteiger partial charge < -0.3 is 4.74 Å². The molecule has 6 heteroatoms. The minimum absolute atomic E-state index is 0.00875. The number of carbonyl (C=O) groups is 1. The van der Waals surface area contributed by atoms with Crippen LogP contribution in [0.5, 0.6) is 0 Å². The van der Waals surface area contributed by atoms with Crippen molar-refractivity contribution in [2.75, 3.05) is 14.2 Å². The van der Waals surface area contributed by atoms with Crippen LogP contribution in [0.3, 0.4) is 0 Å². The van der Waals surface area contributed by atoms with Crippen molar-refractivity contribution in [2.24, 2.45) is 0 Å². The van der Waals surface area contributed by atoms with Crippen molar-refractivity contribution in [2.45, 2.75) is 43.0 Å². The van der Waals surface area contributed by atoms with Crippen molar-refractivity contribution >= 4 is 16.0 Å². The summed E-state index contributed by atoms with van der Waals surface area (Å²) in [4.78, 5) is 11.8. The number of hydrogen-bond donors (Lipinski definition) is 0. The molecule has 116 valence electrons. The summed E-state index contributed by atoms with van der Waals surface area (Å²) in [6, 6.07) is 6.20. The zero-order valence-electron chi connectivity index (χ0n) is 12.4. The fraction of sp³-hybridized carbons (Fsp3) is 0.533. The Bertz CT molecular complexity index is 606. The number of sulfonamides is 1. The van der Waals surface area contributed by atoms with E-state index in [1.807, 2.05) is 0 Å². The van der Waals surface area contributed by atoms with Gasteiger partial charge in [-0.1, -0.05) is 31.4 Å². The highest BCUT2D eigenvalue weighted by atomic mass is 32.2. The first kappa shape index (κ1) is 16.0. The van der Waals surface area contributed by atoms with E-state index in [4.69, 9.17) is 0 Å². The average Bonchev–Trinajstić information content (AvgIpc) is 2.54. The molecule has 0 heterocycles. The summed E-state index contributed by atoms with van der Waals surface area (Å²) in [5.41, 5.74) is 0.0858. The number of ether oxygens (including phenoxy) is 1. The Morgan fingerprint density at radius 3 is 2.43 bits per heavy atom. The summed E-state index contributed by atoms with van der Waals surface area (Å²) in [6.07, 6.45) is 4.99. The molecule has 1 aliphatic rings. The van der Waals surface area contributed by atoms with Gasteiger partial charge in [-0.25, -0.2) is 13.2 Å². The summed E-state index contributed by atoms with van der Waals surface area (Å²) >= 11 is 0. The Balaban J connectivity index is 2.37. The normalized spacial score (nSPS) is 16.9. The third kappa shape index (κ3) is 3.27. The van der Waals surface area contributed by atoms with Gasteiger partial charge in [0.2, 0.25) is 10.0 Å². The molecule has 1 fully saturated rings. The first-order valence-electron chi connectivity index (χ1n) is 7.14. The molecule has 1 aromatic rings. The quantitative estimate of drug-likeness (QED) is 0.801. The SMILES string of the molecule is COC(=O)c1ccccc1S(=O)(=O)N(C)C1CCCCC1. The van der Waals surface area contributed by atoms with E-state index in [2.05, 4.69) is 4.74 Å². The summed E-state index contributed by atoms with van der Waals surface area (Å²) in [6.45, 7) is 0. The van der Waals surface area contributed by atoms with Gasteiger partial charge in [-0.2, -0.15) is 4.31 Å². The number of methoxy groups -OCH3 is 1. The maximum absolute atomic E-state index is 12.8. The fourth-order valence-corrected chi connectivity index (χ4v) is 4.36. The van der Waals surface area contributed by atoms with Crippen LogP contribution in [0.4, 0.5) is 0 Å². The van der Waals surface area contributed by atoms with E-state index in [1.54, 1.807) is 19.2 Å². The number of benzene rings is 1. The van der Waals surface area contributed by atoms with E-state index >= 15 is 0 Å². The maximum Gasteiger partial charge on any atom is 0.339 e. The van der Waals surface area contributed by atoms with Crippen LogP contribution in [0.15, 0.2) is 29.2 Å². The van der Waals surface area contributed by atoms with E-state index < -0.39 is 16.0 Å². The summed E-state index contributed by atoms with van der Waals surface area (Å²) < 4.78 is 31.7. The molecule has 0 radical (unpaired) electrons. The largest absolute Gasteiger partial charge is 0.465 e. The zero-order chi connectivity index (χ0) is 15.5. The van der Waals surface area contributed by atoms with Gasteiger partial charge in [-0.3, -0.25) is 0 Å². The van der Waals surface area contributed by atoms with Gasteiger partial charge >= 0.3 is 5.97 Å². The molecule has 0 spiro atoms. The van der Waals surface area contributed by atoms with Gasteiger partial charge in [0.25, 0.3) is 0 Å². The smallest absolute Gasteiger partial charge is 0.339 e. The van der Waals surface area contributed by atoms with Crippen LogP contribution in [0.2, 0.25) is 0 Å². The van der Waals surface area contributed by atoms with Crippen LogP contribution in [0.1, 0.15) is 42.5 Å². The molecule has 5 nitrogen and oxygen atoms in total. The Morgan fingerprint density at radius 2 is 1.81 bits per heavy atom. The summed E-state index contributed by atoms with van der Waals surface area (Å²) in [5.74, 6) is -0.633. The zero-order valence-corrected chi connectivity index (χ0v) is 13.2. The lowest BCUT2D eigenvalue weighted by Gasteiger charge is -2.30. The number of carbonyl (C=O) groups excluding carboxylic acids is 1. The third-order valence-electron chi connectivity index (χ3n) is 4.04. The summed E-state index contributed by atoms with van der Waals surface area (Å²) in [7, 11) is -0.849. The van der Waals surface area contributed by atoms with Crippen LogP contribution >= 0.6 is 0 Å². The Morgan fingerprint density at radius 1 is 1.19 bits per heavy atom. The van der Waals surface area contributed by atoms with E-state index in [1.165, 1.54) is 23.5 Å². The highest BCUT2D eigenvalue weighted by molar-refractivity contribution is 7.89. The number of hydrogen-bond acceptors (Lipinski definition) is 4. The van der Waals surface area contributed by atoms with Gasteiger partial charge in [-0.05, 0) is 25.0 Å². The van der Waals surface area contributed by atoms with Crippen molar-refractivity contribution in [1.29, 1.82) is 0 Å². The van der Waals surface area contributed by atoms with E-state index in [0.29, 0.717) is 0 Å². The number of nitrogens with zero attached hydrogens (tertiary/aromatic N) is 1. The average molecular weight is 311 g/mol. The van der Waals surface area contributed by atoms with Crippen molar-refractivity contribution in [3.8, 4) is 0 Å². The second-order valence-electron chi connectivity index (χ2n) is 5.30. The minimum Gasteiger partial charge on any atom is -0.465 e. The molecular formula is C15H21NO4S. The second kappa shape index (κ2) is 6.58. The van der Waals surface area contributed by atoms with Gasteiger partial charge in [0.15, 0.2) is 0 Å². The van der Waals surface area contributed by atoms with E-state index in [9.17, 15) is 13.2 Å². The molecule has 0 atom stereocenters. The van der Waals surface area contributed by atoms with Crippen LogP contribution in [-0.4, -0.2) is 38.9 Å². The van der Waals surface area contributed by atoms with Crippen molar-refractivity contribution in [1.82, 2.24) is 4.31 Å². The standard InChI is InChI=1S/C15H21NO4S/c1-16(12-8-4-3-5-9-12)21(18,19)14-11-7-6-10-13(14)15(17)20-2/h6-7,10-12H,3-5,8-9H2,1-2H3. The fourth-order valence-electron chi connectivity index (χ4n) is 2.77. The highest BCUT2D eigenvalue weighted by Gasteiger charge is 2.32. The van der Waals surface area contributed by atoms with Gasteiger partial charge in [0, 0.05) is 13.1 Å². The lowest BCUT2D eigenvalue weighted by molar-refractivity contribution is 0.0596. The van der Waals surface area contributed by atoms with E-state index in [0.717, 1.165) is 32.1 Å². The molecule has 0 N–H and O–H groups in total. The number of rotatable bonds is 4. The molecule has 2 rings (SSSR count). The Hall–Kier alpha value is -1.40. The van der Waals surface area contributed by atoms with Crippen molar-refractivity contribution < 1.29 is 17.9 Å². The second-order valence-corrected chi connectivity index (χ2v) is 7.27. The molecule has 1 saturated carbocycles. The van der Waals surface area contributed by atoms with Crippen LogP contribution in [0, 0.1) is 0 Å². The first-order chi connectivity index (χ1) is 9.98. The van der Waals surface area contributed by atoms with Crippen molar-refractivity contribution in [3.05, 3.63) is 29.8 Å². The van der Waals surface area contributed by atoms with Gasteiger partial charge in [0.05, 0.1) is 17.6 Å². The monoisotopic (exact) mass is 311 g/mol. The van der Waals surface area contributed by atoms with Crippen LogP contribution in [-0.2, 0) is 14.8 Å². The topological polar surface area (TPSA) is 63.7 Å². The van der Waals surface area contributed by atoms with E-state index in [-0.39, 0.29) is 16.5 Å². The molecule has 0 aliphatic heterocycles. The minimum atomic E-state index is -3.69. The summed E-state index contributed by atoms with van der Waals surface area (Å²) in [5, 5.41) is 0. The molecular weight excluding hydrogens is 290 g/mol. The molecule has 0 saturated heterocycles. The van der Waals surface area contributed by atoms with Crippen LogP contribution < -0.4 is 0 Å². The Labute approximate surface area is 126 Å². The molecule has 0 bridgehead atoms. The predicted molar refractivity (Wildman–Crippen MR) is 79.6 cm³/mol. The molecule has 21 heavy (non-hydrogen) atoms. The Kier molecular flexibility index (Phi) is 5.00. The molecule has 0 unspecified atom stereocenters. The van der Waals surface area contributed by atoms with Gasteiger partial charge in [0.1, 0.15) is 0 Å². The molecule has 1 aromatic carbocycles. The molecule has 0 amide bonds. The van der Waals surface area contributed by atoms with Crippen LogP contribution in [0.25, 0.3) is 0 Å². The van der Waals surface area contributed by atoms with Gasteiger partial charge in [-0.15, -0.1) is 0 Å². The molecule has 1 aliphatic carbocycles. The lowest BCUT2D eigenvalue weighted by atomic mass is 9.96. The first-order valence-corrected chi connectivity index (χ1v) is 8.58. The lowest BCUT2D eigenvalue weighted by Crippen LogP contribution is -2.38. The highest BCUT2D eigenvalue weighted by Crippen LogP contribution is 2.28.